The van der Waals surface area contributed by atoms with Crippen molar-refractivity contribution < 1.29 is 0 Å². The SMILES string of the molecule is C1=CC(c2cncc(-c3ccc4c(c3)c3ncccc3n4-c3cccc(-n4c5ccc(-c6cncc(-c7ccccc7)c6)cc5c5ncccc54)c3)c2)=CCC1.C=C.CC. The van der Waals surface area contributed by atoms with Gasteiger partial charge in [0, 0.05) is 81.6 Å². The first kappa shape index (κ1) is 37.9. The van der Waals surface area contributed by atoms with Crippen molar-refractivity contribution in [2.75, 3.05) is 0 Å². The molecule has 11 rings (SSSR count). The van der Waals surface area contributed by atoms with Crippen LogP contribution < -0.4 is 0 Å². The second kappa shape index (κ2) is 16.6. The number of pyridine rings is 4. The van der Waals surface area contributed by atoms with E-state index in [9.17, 15) is 0 Å². The minimum absolute atomic E-state index is 0.963. The topological polar surface area (TPSA) is 61.4 Å². The van der Waals surface area contributed by atoms with Crippen LogP contribution in [0.4, 0.5) is 0 Å². The number of allylic oxidation sites excluding steroid dienone is 4. The first-order chi connectivity index (χ1) is 29.8. The lowest BCUT2D eigenvalue weighted by atomic mass is 9.98. The van der Waals surface area contributed by atoms with E-state index >= 15 is 0 Å². The molecule has 0 amide bonds. The van der Waals surface area contributed by atoms with Crippen molar-refractivity contribution in [1.29, 1.82) is 0 Å². The maximum Gasteiger partial charge on any atom is 0.0963 e. The quantitative estimate of drug-likeness (QED) is 0.158. The van der Waals surface area contributed by atoms with Gasteiger partial charge in [-0.05, 0) is 114 Å². The molecule has 0 bridgehead atoms. The molecule has 6 aromatic heterocycles. The zero-order valence-corrected chi connectivity index (χ0v) is 33.8. The van der Waals surface area contributed by atoms with Gasteiger partial charge in [0.2, 0.25) is 0 Å². The van der Waals surface area contributed by atoms with Gasteiger partial charge < -0.3 is 9.13 Å². The summed E-state index contributed by atoms with van der Waals surface area (Å²) >= 11 is 0. The lowest BCUT2D eigenvalue weighted by molar-refractivity contribution is 1.04. The molecular weight excluding hydrogens is 733 g/mol. The molecule has 0 N–H and O–H groups in total. The van der Waals surface area contributed by atoms with Crippen molar-refractivity contribution in [3.8, 4) is 44.8 Å². The van der Waals surface area contributed by atoms with E-state index in [1.165, 1.54) is 5.57 Å². The average Bonchev–Trinajstić information content (AvgIpc) is 3.86. The Bertz CT molecular complexity index is 3220. The summed E-state index contributed by atoms with van der Waals surface area (Å²) in [7, 11) is 0. The van der Waals surface area contributed by atoms with E-state index in [-0.39, 0.29) is 0 Å². The van der Waals surface area contributed by atoms with Crippen molar-refractivity contribution in [2.45, 2.75) is 26.7 Å². The van der Waals surface area contributed by atoms with Crippen molar-refractivity contribution >= 4 is 49.4 Å². The van der Waals surface area contributed by atoms with E-state index < -0.39 is 0 Å². The smallest absolute Gasteiger partial charge is 0.0963 e. The van der Waals surface area contributed by atoms with Gasteiger partial charge in [-0.3, -0.25) is 19.9 Å². The number of nitrogens with zero attached hydrogens (tertiary/aromatic N) is 6. The van der Waals surface area contributed by atoms with Crippen LogP contribution in [0.1, 0.15) is 32.3 Å². The fourth-order valence-corrected chi connectivity index (χ4v) is 8.33. The Morgan fingerprint density at radius 2 is 0.983 bits per heavy atom. The summed E-state index contributed by atoms with van der Waals surface area (Å²) in [4.78, 5) is 19.1. The van der Waals surface area contributed by atoms with Gasteiger partial charge in [-0.1, -0.05) is 80.6 Å². The lowest BCUT2D eigenvalue weighted by Crippen LogP contribution is -1.98. The summed E-state index contributed by atoms with van der Waals surface area (Å²) in [6.07, 6.45) is 20.4. The summed E-state index contributed by atoms with van der Waals surface area (Å²) < 4.78 is 4.65. The molecule has 10 aromatic rings. The van der Waals surface area contributed by atoms with E-state index in [2.05, 4.69) is 160 Å². The second-order valence-electron chi connectivity index (χ2n) is 14.3. The Labute approximate surface area is 350 Å². The highest BCUT2D eigenvalue weighted by Crippen LogP contribution is 2.38. The van der Waals surface area contributed by atoms with Gasteiger partial charge in [0.15, 0.2) is 0 Å². The lowest BCUT2D eigenvalue weighted by Gasteiger charge is -2.13. The highest BCUT2D eigenvalue weighted by atomic mass is 15.0. The van der Waals surface area contributed by atoms with Crippen LogP contribution in [-0.4, -0.2) is 29.1 Å². The molecular formula is C54H44N6. The third-order valence-electron chi connectivity index (χ3n) is 11.0. The van der Waals surface area contributed by atoms with Crippen molar-refractivity contribution in [2.24, 2.45) is 0 Å². The summed E-state index contributed by atoms with van der Waals surface area (Å²) in [6, 6.07) is 45.3. The van der Waals surface area contributed by atoms with Crippen molar-refractivity contribution in [3.05, 3.63) is 202 Å². The van der Waals surface area contributed by atoms with Gasteiger partial charge in [0.05, 0.1) is 33.1 Å². The van der Waals surface area contributed by atoms with Gasteiger partial charge >= 0.3 is 0 Å². The number of hydrogen-bond donors (Lipinski definition) is 0. The number of benzene rings is 4. The standard InChI is InChI=1S/C50H34N6.C2H6.C2H4/c1-3-10-33(11-4-1)37-24-39(31-51-29-37)35-18-20-45-43(26-35)49-47(16-8-22-53-49)55(45)41-14-7-15-42(28-41)56-46-21-19-36(27-44(46)50-48(56)17-9-23-54-50)40-25-38(30-52-32-40)34-12-5-2-6-13-34;2*1-2/h1,3-5,7-32H,2,6H2;1-2H3;1-2H2. The summed E-state index contributed by atoms with van der Waals surface area (Å²) in [5.41, 5.74) is 17.3. The zero-order valence-electron chi connectivity index (χ0n) is 33.8. The molecule has 0 saturated heterocycles. The largest absolute Gasteiger partial charge is 0.308 e. The highest BCUT2D eigenvalue weighted by Gasteiger charge is 2.18. The molecule has 4 aromatic carbocycles. The molecule has 0 spiro atoms. The first-order valence-corrected chi connectivity index (χ1v) is 20.5. The molecule has 0 fully saturated rings. The van der Waals surface area contributed by atoms with E-state index in [0.29, 0.717) is 0 Å². The number of fused-ring (bicyclic) bond motifs is 6. The third kappa shape index (κ3) is 6.78. The first-order valence-electron chi connectivity index (χ1n) is 20.5. The van der Waals surface area contributed by atoms with Gasteiger partial charge in [-0.25, -0.2) is 0 Å². The molecule has 0 unspecified atom stereocenters. The molecule has 290 valence electrons. The molecule has 0 aliphatic heterocycles. The predicted molar refractivity (Wildman–Crippen MR) is 252 cm³/mol. The van der Waals surface area contributed by atoms with Crippen LogP contribution in [0.2, 0.25) is 0 Å². The highest BCUT2D eigenvalue weighted by molar-refractivity contribution is 6.10. The molecule has 1 aliphatic carbocycles. The number of aromatic nitrogens is 6. The Hall–Kier alpha value is -7.70. The number of rotatable bonds is 6. The van der Waals surface area contributed by atoms with Crippen LogP contribution in [0.5, 0.6) is 0 Å². The molecule has 0 atom stereocenters. The van der Waals surface area contributed by atoms with Gasteiger partial charge in [0.1, 0.15) is 0 Å². The number of hydrogen-bond acceptors (Lipinski definition) is 4. The molecule has 0 saturated carbocycles. The van der Waals surface area contributed by atoms with E-state index in [4.69, 9.17) is 9.97 Å². The van der Waals surface area contributed by atoms with Crippen molar-refractivity contribution in [3.63, 3.8) is 0 Å². The average molecular weight is 777 g/mol. The molecule has 6 heteroatoms. The molecule has 6 nitrogen and oxygen atoms in total. The Balaban J connectivity index is 0.00000112. The van der Waals surface area contributed by atoms with E-state index in [0.717, 1.165) is 107 Å². The second-order valence-corrected chi connectivity index (χ2v) is 14.3. The van der Waals surface area contributed by atoms with E-state index in [1.807, 2.05) is 69.2 Å². The summed E-state index contributed by atoms with van der Waals surface area (Å²) in [5.74, 6) is 0. The summed E-state index contributed by atoms with van der Waals surface area (Å²) in [6.45, 7) is 10.0. The Kier molecular flexibility index (Phi) is 10.5. The zero-order chi connectivity index (χ0) is 41.0. The van der Waals surface area contributed by atoms with E-state index in [1.54, 1.807) is 0 Å². The minimum atomic E-state index is 0.963. The van der Waals surface area contributed by atoms with Crippen molar-refractivity contribution in [1.82, 2.24) is 29.1 Å². The predicted octanol–water partition coefficient (Wildman–Crippen LogP) is 14.0. The minimum Gasteiger partial charge on any atom is -0.308 e. The fraction of sp³-hybridized carbons (Fsp3) is 0.0741. The van der Waals surface area contributed by atoms with Crippen LogP contribution in [0.25, 0.3) is 94.2 Å². The van der Waals surface area contributed by atoms with Crippen LogP contribution in [0.3, 0.4) is 0 Å². The fourth-order valence-electron chi connectivity index (χ4n) is 8.33. The van der Waals surface area contributed by atoms with Gasteiger partial charge in [-0.2, -0.15) is 0 Å². The Morgan fingerprint density at radius 1 is 0.450 bits per heavy atom. The van der Waals surface area contributed by atoms with Crippen LogP contribution in [0.15, 0.2) is 196 Å². The Morgan fingerprint density at radius 3 is 1.53 bits per heavy atom. The van der Waals surface area contributed by atoms with Crippen LogP contribution >= 0.6 is 0 Å². The molecule has 0 radical (unpaired) electrons. The molecule has 1 aliphatic rings. The monoisotopic (exact) mass is 776 g/mol. The normalized spacial score (nSPS) is 12.2. The van der Waals surface area contributed by atoms with Gasteiger partial charge in [0.25, 0.3) is 0 Å². The molecule has 60 heavy (non-hydrogen) atoms. The molecule has 6 heterocycles. The third-order valence-corrected chi connectivity index (χ3v) is 11.0. The maximum atomic E-state index is 4.92. The van der Waals surface area contributed by atoms with Crippen LogP contribution in [-0.2, 0) is 0 Å². The van der Waals surface area contributed by atoms with Crippen LogP contribution in [0, 0.1) is 0 Å². The van der Waals surface area contributed by atoms with Gasteiger partial charge in [-0.15, -0.1) is 13.2 Å². The summed E-state index contributed by atoms with van der Waals surface area (Å²) in [5, 5.41) is 2.20. The maximum absolute atomic E-state index is 4.92.